The number of aromatic carboxylic acids is 2. The number of nitrogens with one attached hydrogen (secondary N) is 2. The summed E-state index contributed by atoms with van der Waals surface area (Å²) in [6, 6.07) is 26.4. The molecule has 0 aliphatic heterocycles. The van der Waals surface area contributed by atoms with Gasteiger partial charge in [0.05, 0.1) is 36.7 Å². The molecule has 0 saturated carbocycles. The van der Waals surface area contributed by atoms with Gasteiger partial charge < -0.3 is 50.7 Å². The molecule has 8 aromatic carbocycles. The molecule has 0 spiro atoms. The molecule has 0 bridgehead atoms. The maximum Gasteiger partial charge on any atom is 1.00 e. The summed E-state index contributed by atoms with van der Waals surface area (Å²) in [4.78, 5) is 21.2. The zero-order valence-corrected chi connectivity index (χ0v) is 50.5. The summed E-state index contributed by atoms with van der Waals surface area (Å²) in [5, 5.41) is 91.7. The number of carboxylic acids is 2. The Hall–Kier alpha value is -5.36. The van der Waals surface area contributed by atoms with Gasteiger partial charge in [-0.05, 0) is 118 Å². The van der Waals surface area contributed by atoms with Crippen LogP contribution < -0.4 is 159 Å². The number of rotatable bonds is 15. The summed E-state index contributed by atoms with van der Waals surface area (Å²) >= 11 is 0. The molecule has 366 valence electrons. The third kappa shape index (κ3) is 13.8. The number of nitrogens with zero attached hydrogens (tertiary/aromatic N) is 4. The van der Waals surface area contributed by atoms with Gasteiger partial charge in [0.1, 0.15) is 32.7 Å². The number of carbonyl (C=O) groups is 2. The van der Waals surface area contributed by atoms with E-state index in [4.69, 9.17) is 9.47 Å². The van der Waals surface area contributed by atoms with Crippen molar-refractivity contribution in [3.8, 4) is 45.6 Å². The Bertz CT molecular complexity index is 3640. The van der Waals surface area contributed by atoms with E-state index >= 15 is 0 Å². The molecule has 0 amide bonds. The minimum absolute atomic E-state index is 0. The molecule has 0 heterocycles. The van der Waals surface area contributed by atoms with Crippen molar-refractivity contribution in [1.29, 1.82) is 0 Å². The van der Waals surface area contributed by atoms with E-state index in [0.29, 0.717) is 11.1 Å². The zero-order chi connectivity index (χ0) is 51.8. The number of hydrogen-bond acceptors (Lipinski definition) is 18. The maximum atomic E-state index is 13.7. The summed E-state index contributed by atoms with van der Waals surface area (Å²) < 4.78 is 81.7. The van der Waals surface area contributed by atoms with Crippen molar-refractivity contribution in [2.75, 3.05) is 24.9 Å². The van der Waals surface area contributed by atoms with Crippen LogP contribution in [0.5, 0.6) is 34.5 Å². The molecular weight excluding hydrogens is 1070 g/mol. The number of azo groups is 2. The second kappa shape index (κ2) is 25.9. The summed E-state index contributed by atoms with van der Waals surface area (Å²) in [6.45, 7) is 0. The summed E-state index contributed by atoms with van der Waals surface area (Å²) in [7, 11) is -7.52. The molecule has 0 aliphatic carbocycles. The fraction of sp³-hybridized carbons (Fsp3) is 0.0417. The first kappa shape index (κ1) is 63.2. The van der Waals surface area contributed by atoms with Crippen LogP contribution in [0.3, 0.4) is 0 Å². The van der Waals surface area contributed by atoms with Crippen LogP contribution in [0, 0.1) is 0 Å². The quantitative estimate of drug-likeness (QED) is 0.0326. The molecule has 0 radical (unpaired) electrons. The second-order valence-corrected chi connectivity index (χ2v) is 18.2. The van der Waals surface area contributed by atoms with Crippen molar-refractivity contribution < 1.29 is 194 Å². The van der Waals surface area contributed by atoms with Crippen molar-refractivity contribution >= 4 is 99.2 Å². The van der Waals surface area contributed by atoms with Crippen LogP contribution in [0.25, 0.3) is 32.7 Å². The number of carboxylic acid groups (broad SMARTS) is 2. The number of fused-ring (bicyclic) bond motifs is 2. The summed E-state index contributed by atoms with van der Waals surface area (Å²) in [5.41, 5.74) is -0.375. The minimum atomic E-state index is -5.07. The molecule has 76 heavy (non-hydrogen) atoms. The van der Waals surface area contributed by atoms with Crippen molar-refractivity contribution in [3.05, 3.63) is 132 Å². The first-order valence-corrected chi connectivity index (χ1v) is 23.3. The van der Waals surface area contributed by atoms with Crippen molar-refractivity contribution in [2.24, 2.45) is 20.5 Å². The molecule has 0 aliphatic rings. The van der Waals surface area contributed by atoms with Gasteiger partial charge in [-0.15, -0.1) is 20.5 Å². The van der Waals surface area contributed by atoms with Crippen LogP contribution in [-0.4, -0.2) is 62.3 Å². The first-order valence-electron chi connectivity index (χ1n) is 20.5. The van der Waals surface area contributed by atoms with Crippen LogP contribution in [0.15, 0.2) is 152 Å². The normalized spacial score (nSPS) is 11.3. The predicted molar refractivity (Wildman–Crippen MR) is 252 cm³/mol. The third-order valence-electron chi connectivity index (χ3n) is 10.8. The molecule has 6 N–H and O–H groups in total. The van der Waals surface area contributed by atoms with Crippen LogP contribution in [0.2, 0.25) is 0 Å². The molecule has 0 atom stereocenters. The van der Waals surface area contributed by atoms with Gasteiger partial charge in [0.15, 0.2) is 0 Å². The second-order valence-electron chi connectivity index (χ2n) is 15.4. The average Bonchev–Trinajstić information content (AvgIpc) is 3.33. The Morgan fingerprint density at radius 1 is 0.474 bits per heavy atom. The Morgan fingerprint density at radius 3 is 1.14 bits per heavy atom. The van der Waals surface area contributed by atoms with E-state index in [1.165, 1.54) is 87.0 Å². The number of hydrogen-bond donors (Lipinski definition) is 6. The largest absolute Gasteiger partial charge is 1.00 e. The molecule has 0 saturated heterocycles. The van der Waals surface area contributed by atoms with Crippen molar-refractivity contribution in [3.63, 3.8) is 0 Å². The van der Waals surface area contributed by atoms with Gasteiger partial charge >= 0.3 is 130 Å². The standard InChI is InChI=1S/C48H36N6O16S2.4Na/c1-69-39-17-23(3-11-35(39)51-53-43-41(71(63,64)65)19-25-15-27(5-9-31(25)45(43)57)49-29-7-13-37(55)33(21-29)47(59)60)24-4-12-36(40(18-24)70-2)52-54-44-42(72(66,67)68)20-26-16-28(6-10-32(26)46(44)58)50-30-8-14-38(56)34(22-30)48(61)62;;;;/h3-22,49-50,55-58H,1-2H3,(H,59,60)(H,61,62)(H,63,64,65)(H,66,67,68);;;;/q;4*+1/p-4. The number of methoxy groups -OCH3 is 2. The van der Waals surface area contributed by atoms with Crippen LogP contribution in [0.4, 0.5) is 45.5 Å². The molecule has 8 rings (SSSR count). The average molecular weight is 1100 g/mol. The predicted octanol–water partition coefficient (Wildman–Crippen LogP) is -3.80. The van der Waals surface area contributed by atoms with Gasteiger partial charge in [-0.1, -0.05) is 59.4 Å². The molecule has 28 heteroatoms. The molecule has 0 aromatic heterocycles. The van der Waals surface area contributed by atoms with Gasteiger partial charge in [-0.3, -0.25) is 9.11 Å². The molecule has 0 fully saturated rings. The Labute approximate surface area is 520 Å². The van der Waals surface area contributed by atoms with Crippen LogP contribution >= 0.6 is 0 Å². The molecular formula is C48H32N6Na4O16S2. The van der Waals surface area contributed by atoms with Crippen molar-refractivity contribution in [1.82, 2.24) is 0 Å². The van der Waals surface area contributed by atoms with Gasteiger partial charge in [0.2, 0.25) is 0 Å². The monoisotopic (exact) mass is 1100 g/mol. The van der Waals surface area contributed by atoms with E-state index in [0.717, 1.165) is 36.4 Å². The van der Waals surface area contributed by atoms with E-state index in [1.807, 2.05) is 0 Å². The Balaban J connectivity index is 0.00000312. The smallest absolute Gasteiger partial charge is 0.872 e. The van der Waals surface area contributed by atoms with Gasteiger partial charge in [0.25, 0.3) is 20.2 Å². The number of benzene rings is 8. The van der Waals surface area contributed by atoms with E-state index in [1.54, 1.807) is 12.1 Å². The van der Waals surface area contributed by atoms with Crippen molar-refractivity contribution in [2.45, 2.75) is 9.79 Å². The first-order chi connectivity index (χ1) is 34.1. The topological polar surface area (TPSA) is 368 Å². The van der Waals surface area contributed by atoms with Crippen LogP contribution in [-0.2, 0) is 20.2 Å². The van der Waals surface area contributed by atoms with Gasteiger partial charge in [-0.25, -0.2) is 9.59 Å². The third-order valence-corrected chi connectivity index (χ3v) is 12.6. The van der Waals surface area contributed by atoms with E-state index in [9.17, 15) is 66.2 Å². The fourth-order valence-corrected chi connectivity index (χ4v) is 8.69. The van der Waals surface area contributed by atoms with Crippen LogP contribution in [0.1, 0.15) is 20.7 Å². The summed E-state index contributed by atoms with van der Waals surface area (Å²) in [6.07, 6.45) is 0. The number of ether oxygens (including phenoxy) is 2. The molecule has 22 nitrogen and oxygen atoms in total. The minimum Gasteiger partial charge on any atom is -0.872 e. The van der Waals surface area contributed by atoms with Gasteiger partial charge in [0, 0.05) is 22.7 Å². The summed E-state index contributed by atoms with van der Waals surface area (Å²) in [5.74, 6) is -5.93. The Morgan fingerprint density at radius 2 is 0.816 bits per heavy atom. The van der Waals surface area contributed by atoms with E-state index < -0.39 is 87.5 Å². The number of anilines is 4. The Kier molecular flexibility index (Phi) is 21.5. The van der Waals surface area contributed by atoms with E-state index in [-0.39, 0.29) is 185 Å². The van der Waals surface area contributed by atoms with E-state index in [2.05, 4.69) is 31.1 Å². The SMILES string of the molecule is COc1cc(-c2ccc(N=Nc3c(S(=O)(=O)O)cc4cc(Nc5ccc([O-])c(C(=O)O)c5)ccc4c3[O-])c(OC)c2)ccc1N=Nc1c(S(=O)(=O)O)cc2cc(Nc3ccc([O-])c(C(=O)O)c3)ccc2c1[O-].[Na+].[Na+].[Na+].[Na+]. The van der Waals surface area contributed by atoms with Gasteiger partial charge in [-0.2, -0.15) is 16.8 Å². The molecule has 8 aromatic rings. The fourth-order valence-electron chi connectivity index (χ4n) is 7.38. The maximum absolute atomic E-state index is 13.7. The zero-order valence-electron chi connectivity index (χ0n) is 40.8. The molecule has 0 unspecified atom stereocenters.